The quantitative estimate of drug-likeness (QED) is 0.656. The lowest BCUT2D eigenvalue weighted by atomic mass is 9.49. The predicted molar refractivity (Wildman–Crippen MR) is 119 cm³/mol. The molecule has 170 valence electrons. The number of hydrogen-bond acceptors (Lipinski definition) is 2. The van der Waals surface area contributed by atoms with Gasteiger partial charge in [-0.3, -0.25) is 9.59 Å². The molecule has 0 N–H and O–H groups in total. The van der Waals surface area contributed by atoms with Crippen LogP contribution in [0.25, 0.3) is 0 Å². The van der Waals surface area contributed by atoms with Crippen LogP contribution in [0.4, 0.5) is 0 Å². The van der Waals surface area contributed by atoms with Crippen molar-refractivity contribution in [3.63, 3.8) is 0 Å². The number of rotatable bonds is 2. The van der Waals surface area contributed by atoms with Gasteiger partial charge in [-0.05, 0) is 119 Å². The van der Waals surface area contributed by atoms with Crippen LogP contribution in [0.2, 0.25) is 0 Å². The van der Waals surface area contributed by atoms with E-state index in [0.717, 1.165) is 107 Å². The van der Waals surface area contributed by atoms with Crippen LogP contribution in [0.5, 0.6) is 0 Å². The molecule has 9 aliphatic rings. The molecule has 0 aromatic carbocycles. The minimum atomic E-state index is -0.0339. The summed E-state index contributed by atoms with van der Waals surface area (Å²) >= 11 is 0. The van der Waals surface area contributed by atoms with Gasteiger partial charge in [-0.25, -0.2) is 0 Å². The summed E-state index contributed by atoms with van der Waals surface area (Å²) in [5, 5.41) is 0. The Hall–Kier alpha value is -1.06. The average Bonchev–Trinajstić information content (AvgIpc) is 2.97. The van der Waals surface area contributed by atoms with Crippen molar-refractivity contribution < 1.29 is 9.59 Å². The molecule has 1 heterocycles. The molecule has 0 spiro atoms. The second kappa shape index (κ2) is 6.73. The molecule has 31 heavy (non-hydrogen) atoms. The van der Waals surface area contributed by atoms with Crippen LogP contribution in [0, 0.1) is 46.3 Å². The summed E-state index contributed by atoms with van der Waals surface area (Å²) in [6.07, 6.45) is 16.2. The molecule has 0 aromatic rings. The van der Waals surface area contributed by atoms with Crippen LogP contribution in [0.15, 0.2) is 0 Å². The van der Waals surface area contributed by atoms with Crippen LogP contribution in [-0.4, -0.2) is 47.8 Å². The van der Waals surface area contributed by atoms with E-state index in [4.69, 9.17) is 0 Å². The Balaban J connectivity index is 1.05. The van der Waals surface area contributed by atoms with E-state index in [1.807, 2.05) is 0 Å². The maximum absolute atomic E-state index is 13.8. The maximum Gasteiger partial charge on any atom is 0.228 e. The molecule has 0 aromatic heterocycles. The molecule has 9 rings (SSSR count). The summed E-state index contributed by atoms with van der Waals surface area (Å²) < 4.78 is 0. The topological polar surface area (TPSA) is 40.6 Å². The highest BCUT2D eigenvalue weighted by atomic mass is 16.2. The van der Waals surface area contributed by atoms with Crippen molar-refractivity contribution in [1.29, 1.82) is 0 Å². The van der Waals surface area contributed by atoms with Crippen molar-refractivity contribution in [2.45, 2.75) is 83.5 Å². The number of carbonyl (C=O) groups excluding carboxylic acids is 2. The molecule has 1 aliphatic heterocycles. The summed E-state index contributed by atoms with van der Waals surface area (Å²) in [6, 6.07) is 0. The first-order valence-corrected chi connectivity index (χ1v) is 13.6. The second-order valence-electron chi connectivity index (χ2n) is 13.3. The summed E-state index contributed by atoms with van der Waals surface area (Å²) in [5.41, 5.74) is -0.0677. The van der Waals surface area contributed by atoms with Gasteiger partial charge in [0.05, 0.1) is 10.8 Å². The summed E-state index contributed by atoms with van der Waals surface area (Å²) in [4.78, 5) is 32.0. The molecule has 4 nitrogen and oxygen atoms in total. The lowest BCUT2D eigenvalue weighted by Gasteiger charge is -2.57. The van der Waals surface area contributed by atoms with Crippen molar-refractivity contribution in [3.05, 3.63) is 0 Å². The van der Waals surface area contributed by atoms with Gasteiger partial charge in [0.2, 0.25) is 11.8 Å². The lowest BCUT2D eigenvalue weighted by Crippen LogP contribution is -2.56. The smallest absolute Gasteiger partial charge is 0.228 e. The molecule has 0 unspecified atom stereocenters. The first kappa shape index (κ1) is 19.4. The lowest BCUT2D eigenvalue weighted by molar-refractivity contribution is -0.159. The third-order valence-corrected chi connectivity index (χ3v) is 11.1. The highest BCUT2D eigenvalue weighted by Gasteiger charge is 2.57. The molecular weight excluding hydrogens is 384 g/mol. The third kappa shape index (κ3) is 2.98. The molecule has 8 aliphatic carbocycles. The minimum absolute atomic E-state index is 0.0339. The highest BCUT2D eigenvalue weighted by molar-refractivity contribution is 5.85. The first-order chi connectivity index (χ1) is 15.0. The van der Waals surface area contributed by atoms with Gasteiger partial charge < -0.3 is 9.80 Å². The number of amides is 2. The summed E-state index contributed by atoms with van der Waals surface area (Å²) in [7, 11) is 0. The molecule has 1 saturated heterocycles. The molecule has 8 saturated carbocycles. The fourth-order valence-corrected chi connectivity index (χ4v) is 10.7. The first-order valence-electron chi connectivity index (χ1n) is 13.6. The molecule has 2 amide bonds. The Kier molecular flexibility index (Phi) is 4.21. The van der Waals surface area contributed by atoms with Gasteiger partial charge in [-0.15, -0.1) is 0 Å². The predicted octanol–water partition coefficient (Wildman–Crippen LogP) is 4.48. The van der Waals surface area contributed by atoms with Gasteiger partial charge in [-0.2, -0.15) is 0 Å². The van der Waals surface area contributed by atoms with E-state index in [1.165, 1.54) is 38.5 Å². The van der Waals surface area contributed by atoms with E-state index >= 15 is 0 Å². The SMILES string of the molecule is O=C(N1CCCN(C(=O)C23CC4CC(CC(C4)C2)C3)CC1)C12CC3CC(CC(C3)C1)C2. The van der Waals surface area contributed by atoms with Gasteiger partial charge in [0.25, 0.3) is 0 Å². The van der Waals surface area contributed by atoms with Crippen LogP contribution >= 0.6 is 0 Å². The van der Waals surface area contributed by atoms with E-state index in [2.05, 4.69) is 9.80 Å². The van der Waals surface area contributed by atoms with E-state index in [0.29, 0.717) is 11.8 Å². The van der Waals surface area contributed by atoms with Crippen LogP contribution in [0.1, 0.15) is 83.5 Å². The Morgan fingerprint density at radius 1 is 0.484 bits per heavy atom. The summed E-state index contributed by atoms with van der Waals surface area (Å²) in [6.45, 7) is 3.29. The Labute approximate surface area is 187 Å². The second-order valence-corrected chi connectivity index (χ2v) is 13.3. The van der Waals surface area contributed by atoms with Crippen LogP contribution < -0.4 is 0 Å². The maximum atomic E-state index is 13.8. The van der Waals surface area contributed by atoms with Crippen molar-refractivity contribution in [2.24, 2.45) is 46.3 Å². The van der Waals surface area contributed by atoms with Crippen molar-refractivity contribution in [2.75, 3.05) is 26.2 Å². The van der Waals surface area contributed by atoms with Gasteiger partial charge in [0, 0.05) is 26.2 Å². The number of nitrogens with zero attached hydrogens (tertiary/aromatic N) is 2. The van der Waals surface area contributed by atoms with Crippen LogP contribution in [-0.2, 0) is 9.59 Å². The fourth-order valence-electron chi connectivity index (χ4n) is 10.7. The molecule has 4 heteroatoms. The van der Waals surface area contributed by atoms with E-state index < -0.39 is 0 Å². The molecule has 8 bridgehead atoms. The fraction of sp³-hybridized carbons (Fsp3) is 0.926. The van der Waals surface area contributed by atoms with Crippen molar-refractivity contribution in [1.82, 2.24) is 9.80 Å². The zero-order valence-electron chi connectivity index (χ0n) is 19.2. The highest BCUT2D eigenvalue weighted by Crippen LogP contribution is 2.62. The zero-order chi connectivity index (χ0) is 20.8. The largest absolute Gasteiger partial charge is 0.340 e. The van der Waals surface area contributed by atoms with E-state index in [1.54, 1.807) is 0 Å². The zero-order valence-corrected chi connectivity index (χ0v) is 19.2. The number of hydrogen-bond donors (Lipinski definition) is 0. The average molecular weight is 425 g/mol. The van der Waals surface area contributed by atoms with Crippen molar-refractivity contribution >= 4 is 11.8 Å². The Bertz CT molecular complexity index is 654. The molecular formula is C27H40N2O2. The van der Waals surface area contributed by atoms with Gasteiger partial charge >= 0.3 is 0 Å². The Morgan fingerprint density at radius 2 is 0.774 bits per heavy atom. The van der Waals surface area contributed by atoms with Gasteiger partial charge in [0.1, 0.15) is 0 Å². The van der Waals surface area contributed by atoms with Gasteiger partial charge in [0.15, 0.2) is 0 Å². The number of carbonyl (C=O) groups is 2. The van der Waals surface area contributed by atoms with E-state index in [-0.39, 0.29) is 10.8 Å². The summed E-state index contributed by atoms with van der Waals surface area (Å²) in [5.74, 6) is 5.83. The van der Waals surface area contributed by atoms with Crippen molar-refractivity contribution in [3.8, 4) is 0 Å². The van der Waals surface area contributed by atoms with Crippen LogP contribution in [0.3, 0.4) is 0 Å². The monoisotopic (exact) mass is 424 g/mol. The standard InChI is InChI=1S/C27H40N2O2/c30-24(26-12-18-6-19(13-26)8-20(7-18)14-26)28-2-1-3-29(5-4-28)25(31)27-15-21-9-22(16-27)11-23(10-21)17-27/h18-23H,1-17H2. The molecule has 0 radical (unpaired) electrons. The third-order valence-electron chi connectivity index (χ3n) is 11.1. The molecule has 0 atom stereocenters. The van der Waals surface area contributed by atoms with Gasteiger partial charge in [-0.1, -0.05) is 0 Å². The molecule has 9 fully saturated rings. The normalized spacial score (nSPS) is 50.1. The Morgan fingerprint density at radius 3 is 1.06 bits per heavy atom. The van der Waals surface area contributed by atoms with E-state index in [9.17, 15) is 9.59 Å². The minimum Gasteiger partial charge on any atom is -0.340 e.